The van der Waals surface area contributed by atoms with Crippen LogP contribution in [0.5, 0.6) is 0 Å². The van der Waals surface area contributed by atoms with Crippen molar-refractivity contribution in [3.63, 3.8) is 0 Å². The summed E-state index contributed by atoms with van der Waals surface area (Å²) in [6.07, 6.45) is 2.65. The van der Waals surface area contributed by atoms with Gasteiger partial charge in [-0.25, -0.2) is 4.79 Å². The minimum Gasteiger partial charge on any atom is -0.462 e. The lowest BCUT2D eigenvalue weighted by Gasteiger charge is -2.37. The summed E-state index contributed by atoms with van der Waals surface area (Å²) in [5.41, 5.74) is 1.71. The topological polar surface area (TPSA) is 79.0 Å². The van der Waals surface area contributed by atoms with Crippen LogP contribution in [-0.2, 0) is 19.9 Å². The summed E-state index contributed by atoms with van der Waals surface area (Å²) < 4.78 is 5.07. The predicted molar refractivity (Wildman–Crippen MR) is 120 cm³/mol. The smallest absolute Gasteiger partial charge is 0.338 e. The molecule has 0 aromatic heterocycles. The molecule has 3 aliphatic rings. The second kappa shape index (κ2) is 7.74. The van der Waals surface area contributed by atoms with Crippen LogP contribution in [0.25, 0.3) is 0 Å². The second-order valence-corrected chi connectivity index (χ2v) is 8.72. The highest BCUT2D eigenvalue weighted by Crippen LogP contribution is 2.56. The number of anilines is 2. The SMILES string of the molecule is CCOC(=O)c1cccc(NC(=O)C2CC3CCCN3C23C(=O)N(C)c2ccccc23)c1. The van der Waals surface area contributed by atoms with Crippen LogP contribution in [0.3, 0.4) is 0 Å². The minimum atomic E-state index is -0.977. The van der Waals surface area contributed by atoms with Crippen LogP contribution in [0.2, 0.25) is 0 Å². The molecule has 0 radical (unpaired) electrons. The Bertz CT molecular complexity index is 1100. The van der Waals surface area contributed by atoms with Gasteiger partial charge in [-0.3, -0.25) is 14.5 Å². The van der Waals surface area contributed by atoms with E-state index in [1.807, 2.05) is 24.3 Å². The van der Waals surface area contributed by atoms with Crippen LogP contribution >= 0.6 is 0 Å². The van der Waals surface area contributed by atoms with Crippen LogP contribution in [0, 0.1) is 5.92 Å². The van der Waals surface area contributed by atoms with Gasteiger partial charge in [-0.15, -0.1) is 0 Å². The van der Waals surface area contributed by atoms with Gasteiger partial charge in [0, 0.05) is 30.0 Å². The van der Waals surface area contributed by atoms with Crippen molar-refractivity contribution in [1.29, 1.82) is 0 Å². The van der Waals surface area contributed by atoms with Crippen molar-refractivity contribution in [3.8, 4) is 0 Å². The number of fused-ring (bicyclic) bond motifs is 4. The number of benzene rings is 2. The molecule has 5 rings (SSSR count). The first kappa shape index (κ1) is 20.7. The molecule has 3 unspecified atom stereocenters. The first-order chi connectivity index (χ1) is 15.5. The first-order valence-corrected chi connectivity index (χ1v) is 11.2. The van der Waals surface area contributed by atoms with Crippen molar-refractivity contribution < 1.29 is 19.1 Å². The molecular formula is C25H27N3O4. The number of esters is 1. The summed E-state index contributed by atoms with van der Waals surface area (Å²) in [5, 5.41) is 2.98. The molecular weight excluding hydrogens is 406 g/mol. The van der Waals surface area contributed by atoms with Crippen molar-refractivity contribution in [3.05, 3.63) is 59.7 Å². The summed E-state index contributed by atoms with van der Waals surface area (Å²) in [6, 6.07) is 14.8. The minimum absolute atomic E-state index is 0.0384. The van der Waals surface area contributed by atoms with E-state index < -0.39 is 17.4 Å². The molecule has 166 valence electrons. The standard InChI is InChI=1S/C25H27N3O4/c1-3-32-23(30)16-8-6-9-17(14-16)26-22(29)20-15-18-10-7-13-28(18)25(20)19-11-4-5-12-21(19)27(2)24(25)31/h4-6,8-9,11-12,14,18,20H,3,7,10,13,15H2,1-2H3,(H,26,29). The molecule has 2 amide bonds. The third-order valence-electron chi connectivity index (χ3n) is 7.11. The fourth-order valence-electron chi connectivity index (χ4n) is 5.84. The molecule has 3 heterocycles. The Balaban J connectivity index is 1.51. The van der Waals surface area contributed by atoms with Crippen LogP contribution in [0.4, 0.5) is 11.4 Å². The fourth-order valence-corrected chi connectivity index (χ4v) is 5.84. The Morgan fingerprint density at radius 3 is 2.81 bits per heavy atom. The zero-order valence-electron chi connectivity index (χ0n) is 18.3. The molecule has 0 bridgehead atoms. The lowest BCUT2D eigenvalue weighted by Crippen LogP contribution is -2.55. The predicted octanol–water partition coefficient (Wildman–Crippen LogP) is 3.16. The summed E-state index contributed by atoms with van der Waals surface area (Å²) in [6.45, 7) is 2.84. The number of carbonyl (C=O) groups is 3. The van der Waals surface area contributed by atoms with Crippen molar-refractivity contribution in [1.82, 2.24) is 4.90 Å². The highest BCUT2D eigenvalue weighted by molar-refractivity contribution is 6.11. The number of para-hydroxylation sites is 1. The Hall–Kier alpha value is -3.19. The lowest BCUT2D eigenvalue weighted by atomic mass is 9.78. The number of carbonyl (C=O) groups excluding carboxylic acids is 3. The Morgan fingerprint density at radius 1 is 1.19 bits per heavy atom. The molecule has 2 aromatic rings. The van der Waals surface area contributed by atoms with Gasteiger partial charge in [0.15, 0.2) is 0 Å². The van der Waals surface area contributed by atoms with Crippen molar-refractivity contribution >= 4 is 29.2 Å². The number of amides is 2. The largest absolute Gasteiger partial charge is 0.462 e. The third-order valence-corrected chi connectivity index (χ3v) is 7.11. The second-order valence-electron chi connectivity index (χ2n) is 8.72. The van der Waals surface area contributed by atoms with E-state index >= 15 is 0 Å². The summed E-state index contributed by atoms with van der Waals surface area (Å²) >= 11 is 0. The van der Waals surface area contributed by atoms with E-state index in [0.717, 1.165) is 30.6 Å². The number of nitrogens with one attached hydrogen (secondary N) is 1. The quantitative estimate of drug-likeness (QED) is 0.750. The van der Waals surface area contributed by atoms with Gasteiger partial charge in [0.05, 0.1) is 18.1 Å². The van der Waals surface area contributed by atoms with Gasteiger partial charge in [-0.2, -0.15) is 0 Å². The number of ether oxygens (including phenoxy) is 1. The zero-order chi connectivity index (χ0) is 22.5. The van der Waals surface area contributed by atoms with Crippen LogP contribution < -0.4 is 10.2 Å². The monoisotopic (exact) mass is 433 g/mol. The van der Waals surface area contributed by atoms with Gasteiger partial charge in [0.1, 0.15) is 5.54 Å². The van der Waals surface area contributed by atoms with E-state index in [9.17, 15) is 14.4 Å². The van der Waals surface area contributed by atoms with Crippen LogP contribution in [0.1, 0.15) is 42.1 Å². The van der Waals surface area contributed by atoms with E-state index in [-0.39, 0.29) is 24.5 Å². The van der Waals surface area contributed by atoms with Gasteiger partial charge in [0.2, 0.25) is 5.91 Å². The van der Waals surface area contributed by atoms with E-state index in [0.29, 0.717) is 17.7 Å². The highest BCUT2D eigenvalue weighted by Gasteiger charge is 2.66. The molecule has 2 saturated heterocycles. The summed E-state index contributed by atoms with van der Waals surface area (Å²) in [4.78, 5) is 43.5. The molecule has 0 saturated carbocycles. The normalized spacial score (nSPS) is 26.3. The molecule has 7 heteroatoms. The summed E-state index contributed by atoms with van der Waals surface area (Å²) in [7, 11) is 1.79. The molecule has 2 aromatic carbocycles. The molecule has 7 nitrogen and oxygen atoms in total. The third kappa shape index (κ3) is 2.88. The summed E-state index contributed by atoms with van der Waals surface area (Å²) in [5.74, 6) is -1.18. The maximum absolute atomic E-state index is 13.8. The zero-order valence-corrected chi connectivity index (χ0v) is 18.3. The average molecular weight is 434 g/mol. The van der Waals surface area contributed by atoms with Crippen LogP contribution in [-0.4, -0.2) is 48.9 Å². The fraction of sp³-hybridized carbons (Fsp3) is 0.400. The van der Waals surface area contributed by atoms with Crippen molar-refractivity contribution in [2.24, 2.45) is 5.92 Å². The van der Waals surface area contributed by atoms with E-state index in [1.54, 1.807) is 43.1 Å². The van der Waals surface area contributed by atoms with Crippen molar-refractivity contribution in [2.75, 3.05) is 30.4 Å². The highest BCUT2D eigenvalue weighted by atomic mass is 16.5. The first-order valence-electron chi connectivity index (χ1n) is 11.2. The molecule has 3 atom stereocenters. The average Bonchev–Trinajstić information content (AvgIpc) is 3.44. The maximum Gasteiger partial charge on any atom is 0.338 e. The Kier molecular flexibility index (Phi) is 5.01. The van der Waals surface area contributed by atoms with Gasteiger partial charge in [-0.1, -0.05) is 24.3 Å². The van der Waals surface area contributed by atoms with Crippen LogP contribution in [0.15, 0.2) is 48.5 Å². The molecule has 3 aliphatic heterocycles. The number of rotatable bonds is 4. The molecule has 32 heavy (non-hydrogen) atoms. The van der Waals surface area contributed by atoms with Gasteiger partial charge in [0.25, 0.3) is 5.91 Å². The number of hydrogen-bond donors (Lipinski definition) is 1. The lowest BCUT2D eigenvalue weighted by molar-refractivity contribution is -0.136. The number of nitrogens with zero attached hydrogens (tertiary/aromatic N) is 2. The number of hydrogen-bond acceptors (Lipinski definition) is 5. The molecule has 2 fully saturated rings. The molecule has 1 spiro atoms. The van der Waals surface area contributed by atoms with E-state index in [2.05, 4.69) is 10.2 Å². The van der Waals surface area contributed by atoms with Crippen molar-refractivity contribution in [2.45, 2.75) is 37.8 Å². The van der Waals surface area contributed by atoms with Gasteiger partial charge < -0.3 is 15.0 Å². The molecule has 1 N–H and O–H groups in total. The van der Waals surface area contributed by atoms with E-state index in [1.165, 1.54) is 0 Å². The van der Waals surface area contributed by atoms with Gasteiger partial charge >= 0.3 is 5.97 Å². The Labute approximate surface area is 187 Å². The Morgan fingerprint density at radius 2 is 2.00 bits per heavy atom. The number of likely N-dealkylation sites (N-methyl/N-ethyl adjacent to an activating group) is 1. The van der Waals surface area contributed by atoms with E-state index in [4.69, 9.17) is 4.74 Å². The molecule has 0 aliphatic carbocycles. The van der Waals surface area contributed by atoms with Gasteiger partial charge in [-0.05, 0) is 57.0 Å². The maximum atomic E-state index is 13.8.